The van der Waals surface area contributed by atoms with Crippen LogP contribution in [0.25, 0.3) is 17.2 Å². The van der Waals surface area contributed by atoms with E-state index in [2.05, 4.69) is 0 Å². The molecule has 3 aromatic carbocycles. The molecule has 0 radical (unpaired) electrons. The van der Waals surface area contributed by atoms with Crippen molar-refractivity contribution in [3.05, 3.63) is 88.8 Å². The number of carbonyl (C=O) groups excluding carboxylic acids is 3. The second-order valence-corrected chi connectivity index (χ2v) is 8.06. The maximum atomic E-state index is 12.7. The smallest absolute Gasteiger partial charge is 0.293 e. The Hall–Kier alpha value is -3.84. The van der Waals surface area contributed by atoms with Crippen LogP contribution in [-0.2, 0) is 4.79 Å². The SMILES string of the molecule is COc1cc(/C=C2/SC(=O)N(CC(=O)c3ccc(-c4ccccc4)cc3)C2=O)ccc1O. The monoisotopic (exact) mass is 445 g/mol. The highest BCUT2D eigenvalue weighted by Gasteiger charge is 2.36. The number of imide groups is 1. The molecule has 0 aromatic heterocycles. The van der Waals surface area contributed by atoms with Crippen LogP contribution in [0.1, 0.15) is 15.9 Å². The van der Waals surface area contributed by atoms with Crippen molar-refractivity contribution in [2.75, 3.05) is 13.7 Å². The van der Waals surface area contributed by atoms with Gasteiger partial charge in [0.15, 0.2) is 17.3 Å². The highest BCUT2D eigenvalue weighted by Crippen LogP contribution is 2.34. The molecule has 0 bridgehead atoms. The molecule has 1 heterocycles. The fraction of sp³-hybridized carbons (Fsp3) is 0.0800. The third kappa shape index (κ3) is 4.43. The molecule has 1 fully saturated rings. The Labute approximate surface area is 189 Å². The van der Waals surface area contributed by atoms with Crippen LogP contribution in [0.3, 0.4) is 0 Å². The molecule has 0 saturated carbocycles. The van der Waals surface area contributed by atoms with Crippen molar-refractivity contribution in [3.63, 3.8) is 0 Å². The molecule has 160 valence electrons. The third-order valence-corrected chi connectivity index (χ3v) is 5.90. The topological polar surface area (TPSA) is 83.9 Å². The minimum atomic E-state index is -0.527. The van der Waals surface area contributed by atoms with Crippen LogP contribution in [0.15, 0.2) is 77.7 Å². The summed E-state index contributed by atoms with van der Waals surface area (Å²) in [5.41, 5.74) is 3.03. The molecular formula is C25H19NO5S. The molecule has 1 saturated heterocycles. The number of ether oxygens (including phenoxy) is 1. The summed E-state index contributed by atoms with van der Waals surface area (Å²) in [7, 11) is 1.42. The Balaban J connectivity index is 1.48. The lowest BCUT2D eigenvalue weighted by atomic mass is 10.0. The van der Waals surface area contributed by atoms with Crippen LogP contribution < -0.4 is 4.74 Å². The van der Waals surface area contributed by atoms with Gasteiger partial charge in [-0.25, -0.2) is 0 Å². The van der Waals surface area contributed by atoms with Gasteiger partial charge in [0.1, 0.15) is 0 Å². The lowest BCUT2D eigenvalue weighted by Crippen LogP contribution is -2.33. The van der Waals surface area contributed by atoms with Gasteiger partial charge in [-0.3, -0.25) is 19.3 Å². The zero-order chi connectivity index (χ0) is 22.7. The van der Waals surface area contributed by atoms with Crippen LogP contribution in [0.4, 0.5) is 4.79 Å². The molecule has 1 aliphatic rings. The summed E-state index contributed by atoms with van der Waals surface area (Å²) in [6.45, 7) is -0.328. The van der Waals surface area contributed by atoms with Gasteiger partial charge in [-0.2, -0.15) is 0 Å². The average molecular weight is 445 g/mol. The Morgan fingerprint density at radius 3 is 2.38 bits per heavy atom. The second kappa shape index (κ2) is 9.11. The largest absolute Gasteiger partial charge is 0.504 e. The first-order valence-corrected chi connectivity index (χ1v) is 10.6. The molecule has 3 aromatic rings. The maximum Gasteiger partial charge on any atom is 0.293 e. The average Bonchev–Trinajstić information content (AvgIpc) is 3.08. The van der Waals surface area contributed by atoms with Gasteiger partial charge in [0.05, 0.1) is 18.6 Å². The van der Waals surface area contributed by atoms with E-state index in [9.17, 15) is 19.5 Å². The summed E-state index contributed by atoms with van der Waals surface area (Å²) in [5.74, 6) is -0.616. The van der Waals surface area contributed by atoms with Crippen LogP contribution in [0, 0.1) is 0 Å². The predicted octanol–water partition coefficient (Wildman–Crippen LogP) is 4.99. The number of hydrogen-bond acceptors (Lipinski definition) is 6. The van der Waals surface area contributed by atoms with Gasteiger partial charge in [0.2, 0.25) is 0 Å². The Morgan fingerprint density at radius 2 is 1.69 bits per heavy atom. The summed E-state index contributed by atoms with van der Waals surface area (Å²) >= 11 is 0.774. The third-order valence-electron chi connectivity index (χ3n) is 4.99. The van der Waals surface area contributed by atoms with Gasteiger partial charge < -0.3 is 9.84 Å². The van der Waals surface area contributed by atoms with E-state index in [1.54, 1.807) is 24.3 Å². The van der Waals surface area contributed by atoms with E-state index in [1.807, 2.05) is 42.5 Å². The molecule has 32 heavy (non-hydrogen) atoms. The van der Waals surface area contributed by atoms with E-state index in [1.165, 1.54) is 19.3 Å². The number of ketones is 1. The van der Waals surface area contributed by atoms with Crippen molar-refractivity contribution >= 4 is 34.8 Å². The van der Waals surface area contributed by atoms with Gasteiger partial charge in [-0.05, 0) is 46.7 Å². The van der Waals surface area contributed by atoms with Crippen LogP contribution in [-0.4, -0.2) is 40.6 Å². The molecular weight excluding hydrogens is 426 g/mol. The minimum absolute atomic E-state index is 0.0263. The van der Waals surface area contributed by atoms with Gasteiger partial charge >= 0.3 is 0 Å². The Morgan fingerprint density at radius 1 is 1.00 bits per heavy atom. The van der Waals surface area contributed by atoms with Crippen molar-refractivity contribution < 1.29 is 24.2 Å². The van der Waals surface area contributed by atoms with Crippen LogP contribution in [0.2, 0.25) is 0 Å². The second-order valence-electron chi connectivity index (χ2n) is 7.07. The molecule has 4 rings (SSSR count). The van der Waals surface area contributed by atoms with E-state index in [4.69, 9.17) is 4.74 Å². The highest BCUT2D eigenvalue weighted by molar-refractivity contribution is 8.18. The summed E-state index contributed by atoms with van der Waals surface area (Å²) in [5, 5.41) is 9.20. The normalized spacial score (nSPS) is 14.8. The van der Waals surface area contributed by atoms with E-state index >= 15 is 0 Å². The molecule has 0 atom stereocenters. The highest BCUT2D eigenvalue weighted by atomic mass is 32.2. The lowest BCUT2D eigenvalue weighted by molar-refractivity contribution is -0.122. The first-order valence-electron chi connectivity index (χ1n) is 9.77. The molecule has 1 aliphatic heterocycles. The molecule has 1 N–H and O–H groups in total. The number of aromatic hydroxyl groups is 1. The standard InChI is InChI=1S/C25H19NO5S/c1-31-22-13-16(7-12-20(22)27)14-23-24(29)26(25(30)32-23)15-21(28)19-10-8-18(9-11-19)17-5-3-2-4-6-17/h2-14,27H,15H2,1H3/b23-14+. The molecule has 6 nitrogen and oxygen atoms in total. The molecule has 2 amide bonds. The van der Waals surface area contributed by atoms with Crippen LogP contribution in [0.5, 0.6) is 11.5 Å². The first kappa shape index (κ1) is 21.4. The van der Waals surface area contributed by atoms with Gasteiger partial charge in [0, 0.05) is 5.56 Å². The molecule has 0 unspecified atom stereocenters. The number of thioether (sulfide) groups is 1. The number of rotatable bonds is 6. The lowest BCUT2D eigenvalue weighted by Gasteiger charge is -2.11. The van der Waals surface area contributed by atoms with Crippen molar-refractivity contribution in [2.24, 2.45) is 0 Å². The number of Topliss-reactive ketones (excluding diaryl/α,β-unsaturated/α-hetero) is 1. The van der Waals surface area contributed by atoms with E-state index in [0.717, 1.165) is 27.8 Å². The van der Waals surface area contributed by atoms with Gasteiger partial charge in [-0.15, -0.1) is 0 Å². The quantitative estimate of drug-likeness (QED) is 0.425. The summed E-state index contributed by atoms with van der Waals surface area (Å²) in [6.07, 6.45) is 1.53. The number of phenolic OH excluding ortho intramolecular Hbond substituents is 1. The predicted molar refractivity (Wildman–Crippen MR) is 124 cm³/mol. The minimum Gasteiger partial charge on any atom is -0.504 e. The number of hydrogen-bond donors (Lipinski definition) is 1. The number of phenols is 1. The van der Waals surface area contributed by atoms with E-state index in [-0.39, 0.29) is 28.7 Å². The summed E-state index contributed by atoms with van der Waals surface area (Å²) in [6, 6.07) is 21.5. The van der Waals surface area contributed by atoms with Crippen molar-refractivity contribution in [1.82, 2.24) is 4.90 Å². The summed E-state index contributed by atoms with van der Waals surface area (Å²) in [4.78, 5) is 39.0. The maximum absolute atomic E-state index is 12.7. The molecule has 0 spiro atoms. The number of nitrogens with zero attached hydrogens (tertiary/aromatic N) is 1. The molecule has 0 aliphatic carbocycles. The zero-order valence-electron chi connectivity index (χ0n) is 17.1. The fourth-order valence-corrected chi connectivity index (χ4v) is 4.12. The zero-order valence-corrected chi connectivity index (χ0v) is 18.0. The fourth-order valence-electron chi connectivity index (χ4n) is 3.29. The number of carbonyl (C=O) groups is 3. The number of amides is 2. The Kier molecular flexibility index (Phi) is 6.09. The van der Waals surface area contributed by atoms with Crippen molar-refractivity contribution in [1.29, 1.82) is 0 Å². The Bertz CT molecular complexity index is 1220. The number of benzene rings is 3. The number of methoxy groups -OCH3 is 1. The van der Waals surface area contributed by atoms with E-state index < -0.39 is 11.1 Å². The van der Waals surface area contributed by atoms with Crippen molar-refractivity contribution in [2.45, 2.75) is 0 Å². The van der Waals surface area contributed by atoms with Crippen molar-refractivity contribution in [3.8, 4) is 22.6 Å². The first-order chi connectivity index (χ1) is 15.5. The van der Waals surface area contributed by atoms with Gasteiger partial charge in [-0.1, -0.05) is 60.7 Å². The van der Waals surface area contributed by atoms with Crippen LogP contribution >= 0.6 is 11.8 Å². The summed E-state index contributed by atoms with van der Waals surface area (Å²) < 4.78 is 5.06. The van der Waals surface area contributed by atoms with Gasteiger partial charge in [0.25, 0.3) is 11.1 Å². The molecule has 7 heteroatoms. The van der Waals surface area contributed by atoms with E-state index in [0.29, 0.717) is 11.1 Å².